The van der Waals surface area contributed by atoms with Gasteiger partial charge in [0.1, 0.15) is 16.1 Å². The van der Waals surface area contributed by atoms with Crippen LogP contribution in [-0.4, -0.2) is 35.9 Å². The van der Waals surface area contributed by atoms with Gasteiger partial charge in [-0.1, -0.05) is 0 Å². The number of nitrogens with one attached hydrogen (secondary N) is 2. The molecule has 0 fully saturated rings. The molecule has 0 bridgehead atoms. The molecule has 0 radical (unpaired) electrons. The van der Waals surface area contributed by atoms with E-state index in [0.717, 1.165) is 21.4 Å². The van der Waals surface area contributed by atoms with Crippen LogP contribution in [0.15, 0.2) is 27.7 Å². The van der Waals surface area contributed by atoms with Crippen molar-refractivity contribution < 1.29 is 18.7 Å². The quantitative estimate of drug-likeness (QED) is 0.628. The molecule has 4 heterocycles. The van der Waals surface area contributed by atoms with Gasteiger partial charge in [0.25, 0.3) is 6.47 Å². The van der Waals surface area contributed by atoms with E-state index in [1.165, 1.54) is 11.3 Å². The number of likely N-dealkylation sites (N-methyl/N-ethyl adjacent to an activating group) is 1. The van der Waals surface area contributed by atoms with E-state index in [4.69, 9.17) is 9.15 Å². The van der Waals surface area contributed by atoms with Gasteiger partial charge < -0.3 is 19.2 Å². The number of H-pyrrole nitrogens is 1. The number of hydrogen-bond acceptors (Lipinski definition) is 8. The van der Waals surface area contributed by atoms with Gasteiger partial charge in [0, 0.05) is 27.6 Å². The van der Waals surface area contributed by atoms with Crippen LogP contribution in [0.25, 0.3) is 20.5 Å². The Kier molecular flexibility index (Phi) is 5.92. The van der Waals surface area contributed by atoms with Crippen molar-refractivity contribution in [1.29, 1.82) is 0 Å². The molecule has 1 unspecified atom stereocenters. The van der Waals surface area contributed by atoms with Crippen molar-refractivity contribution in [3.05, 3.63) is 40.2 Å². The van der Waals surface area contributed by atoms with Crippen LogP contribution in [0.2, 0.25) is 0 Å². The zero-order chi connectivity index (χ0) is 21.2. The SMILES string of the molecule is CC(C)(C)OC=O.CNC1(C)COCc2c1oc(=O)c1sc(-c3cn[nH]c3)cc21. The Hall–Kier alpha value is -2.49. The predicted molar refractivity (Wildman–Crippen MR) is 111 cm³/mol. The maximum Gasteiger partial charge on any atom is 0.354 e. The van der Waals surface area contributed by atoms with E-state index in [9.17, 15) is 9.59 Å². The first-order chi connectivity index (χ1) is 13.7. The molecule has 29 heavy (non-hydrogen) atoms. The number of nitrogens with zero attached hydrogens (tertiary/aromatic N) is 1. The summed E-state index contributed by atoms with van der Waals surface area (Å²) >= 11 is 1.42. The van der Waals surface area contributed by atoms with Crippen LogP contribution in [0.4, 0.5) is 0 Å². The van der Waals surface area contributed by atoms with Crippen LogP contribution >= 0.6 is 11.3 Å². The maximum absolute atomic E-state index is 12.4. The molecule has 0 aromatic carbocycles. The first-order valence-electron chi connectivity index (χ1n) is 9.16. The summed E-state index contributed by atoms with van der Waals surface area (Å²) in [7, 11) is 1.84. The Morgan fingerprint density at radius 3 is 2.72 bits per heavy atom. The minimum absolute atomic E-state index is 0.295. The van der Waals surface area contributed by atoms with Crippen LogP contribution in [0, 0.1) is 0 Å². The molecule has 0 saturated heterocycles. The molecule has 2 N–H and O–H groups in total. The fourth-order valence-corrected chi connectivity index (χ4v) is 4.00. The number of carbonyl (C=O) groups is 1. The van der Waals surface area contributed by atoms with E-state index >= 15 is 0 Å². The summed E-state index contributed by atoms with van der Waals surface area (Å²) < 4.78 is 16.5. The van der Waals surface area contributed by atoms with Crippen molar-refractivity contribution in [2.75, 3.05) is 13.7 Å². The fraction of sp³-hybridized carbons (Fsp3) is 0.450. The number of rotatable bonds is 3. The van der Waals surface area contributed by atoms with Crippen molar-refractivity contribution in [3.63, 3.8) is 0 Å². The van der Waals surface area contributed by atoms with Gasteiger partial charge in [-0.15, -0.1) is 11.3 Å². The van der Waals surface area contributed by atoms with Gasteiger partial charge in [0.05, 0.1) is 24.9 Å². The molecule has 9 heteroatoms. The zero-order valence-electron chi connectivity index (χ0n) is 17.1. The van der Waals surface area contributed by atoms with Crippen molar-refractivity contribution >= 4 is 27.9 Å². The van der Waals surface area contributed by atoms with Crippen LogP contribution < -0.4 is 10.9 Å². The van der Waals surface area contributed by atoms with Crippen molar-refractivity contribution in [2.24, 2.45) is 0 Å². The van der Waals surface area contributed by atoms with Crippen LogP contribution in [0.1, 0.15) is 39.0 Å². The van der Waals surface area contributed by atoms with Crippen molar-refractivity contribution in [3.8, 4) is 10.4 Å². The predicted octanol–water partition coefficient (Wildman–Crippen LogP) is 3.17. The van der Waals surface area contributed by atoms with Crippen LogP contribution in [0.3, 0.4) is 0 Å². The average Bonchev–Trinajstić information content (AvgIpc) is 3.32. The van der Waals surface area contributed by atoms with Gasteiger partial charge in [0.15, 0.2) is 0 Å². The number of aromatic nitrogens is 2. The average molecular weight is 420 g/mol. The van der Waals surface area contributed by atoms with Gasteiger partial charge in [0.2, 0.25) is 0 Å². The molecule has 1 atom stereocenters. The van der Waals surface area contributed by atoms with E-state index < -0.39 is 5.54 Å². The number of thiophene rings is 1. The third-order valence-electron chi connectivity index (χ3n) is 4.59. The molecule has 0 aliphatic carbocycles. The third-order valence-corrected chi connectivity index (χ3v) is 5.75. The largest absolute Gasteiger partial charge is 0.462 e. The molecule has 3 aromatic rings. The highest BCUT2D eigenvalue weighted by atomic mass is 32.1. The van der Waals surface area contributed by atoms with E-state index in [-0.39, 0.29) is 11.2 Å². The summed E-state index contributed by atoms with van der Waals surface area (Å²) in [5, 5.41) is 10.9. The Morgan fingerprint density at radius 2 is 2.17 bits per heavy atom. The molecule has 0 amide bonds. The molecular formula is C20H25N3O5S. The van der Waals surface area contributed by atoms with Gasteiger partial charge in [-0.25, -0.2) is 4.79 Å². The van der Waals surface area contributed by atoms with Gasteiger partial charge in [-0.05, 0) is 40.8 Å². The maximum atomic E-state index is 12.4. The lowest BCUT2D eigenvalue weighted by Crippen LogP contribution is -2.45. The third kappa shape index (κ3) is 4.42. The molecule has 1 aliphatic heterocycles. The van der Waals surface area contributed by atoms with E-state index in [1.807, 2.05) is 47.0 Å². The van der Waals surface area contributed by atoms with Gasteiger partial charge >= 0.3 is 5.63 Å². The lowest BCUT2D eigenvalue weighted by Gasteiger charge is -2.33. The molecule has 0 spiro atoms. The minimum atomic E-state index is -0.487. The Labute approximate surface area is 172 Å². The monoisotopic (exact) mass is 419 g/mol. The van der Waals surface area contributed by atoms with E-state index in [1.54, 1.807) is 6.20 Å². The number of ether oxygens (including phenoxy) is 2. The summed E-state index contributed by atoms with van der Waals surface area (Å²) in [6.45, 7) is 8.82. The van der Waals surface area contributed by atoms with E-state index in [2.05, 4.69) is 20.3 Å². The zero-order valence-corrected chi connectivity index (χ0v) is 17.9. The smallest absolute Gasteiger partial charge is 0.354 e. The van der Waals surface area contributed by atoms with Crippen LogP contribution in [-0.2, 0) is 26.4 Å². The Balaban J connectivity index is 0.000000298. The number of fused-ring (bicyclic) bond motifs is 3. The lowest BCUT2D eigenvalue weighted by atomic mass is 9.92. The molecule has 1 aliphatic rings. The molecule has 156 valence electrons. The van der Waals surface area contributed by atoms with E-state index in [0.29, 0.717) is 30.1 Å². The number of carbonyl (C=O) groups excluding carboxylic acids is 1. The Morgan fingerprint density at radius 1 is 1.41 bits per heavy atom. The normalized spacial score (nSPS) is 18.7. The van der Waals surface area contributed by atoms with Gasteiger partial charge in [-0.3, -0.25) is 9.89 Å². The summed E-state index contributed by atoms with van der Waals surface area (Å²) in [6.07, 6.45) is 3.56. The highest BCUT2D eigenvalue weighted by molar-refractivity contribution is 7.22. The van der Waals surface area contributed by atoms with Crippen molar-refractivity contribution in [2.45, 2.75) is 45.4 Å². The fourth-order valence-electron chi connectivity index (χ4n) is 2.96. The standard InChI is InChI=1S/C15H15N3O3S.C5H10O2/c1-15(16-2)7-20-6-10-9-3-11(8-4-17-18-5-8)22-12(9)14(19)21-13(10)15;1-5(2,3)7-4-6/h3-5,16H,6-7H2,1-2H3,(H,17,18);4H,1-3H3. The molecule has 3 aromatic heterocycles. The first-order valence-corrected chi connectivity index (χ1v) is 9.97. The topological polar surface area (TPSA) is 106 Å². The minimum Gasteiger partial charge on any atom is -0.462 e. The molecule has 8 nitrogen and oxygen atoms in total. The number of aromatic amines is 1. The second-order valence-electron chi connectivity index (χ2n) is 7.94. The van der Waals surface area contributed by atoms with Crippen LogP contribution in [0.5, 0.6) is 0 Å². The second kappa shape index (κ2) is 8.10. The molecule has 4 rings (SSSR count). The number of hydrogen-bond donors (Lipinski definition) is 2. The lowest BCUT2D eigenvalue weighted by molar-refractivity contribution is -0.138. The summed E-state index contributed by atoms with van der Waals surface area (Å²) in [4.78, 5) is 23.0. The first kappa shape index (κ1) is 21.2. The highest BCUT2D eigenvalue weighted by Crippen LogP contribution is 2.38. The second-order valence-corrected chi connectivity index (χ2v) is 8.99. The highest BCUT2D eigenvalue weighted by Gasteiger charge is 2.36. The molecular weight excluding hydrogens is 394 g/mol. The summed E-state index contributed by atoms with van der Waals surface area (Å²) in [5.41, 5.74) is 0.809. The molecule has 0 saturated carbocycles. The summed E-state index contributed by atoms with van der Waals surface area (Å²) in [5.74, 6) is 0.676. The summed E-state index contributed by atoms with van der Waals surface area (Å²) in [6, 6.07) is 2.02. The van der Waals surface area contributed by atoms with Gasteiger partial charge in [-0.2, -0.15) is 5.10 Å². The van der Waals surface area contributed by atoms with Crippen molar-refractivity contribution in [1.82, 2.24) is 15.5 Å². The Bertz CT molecular complexity index is 1050.